The van der Waals surface area contributed by atoms with Gasteiger partial charge >= 0.3 is 0 Å². The summed E-state index contributed by atoms with van der Waals surface area (Å²) >= 11 is 0. The molecule has 15 heavy (non-hydrogen) atoms. The van der Waals surface area contributed by atoms with Crippen LogP contribution in [0.2, 0.25) is 0 Å². The Morgan fingerprint density at radius 2 is 2.20 bits per heavy atom. The quantitative estimate of drug-likeness (QED) is 0.572. The zero-order valence-corrected chi connectivity index (χ0v) is 10.0. The second kappa shape index (κ2) is 6.58. The van der Waals surface area contributed by atoms with Crippen LogP contribution in [0.25, 0.3) is 0 Å². The van der Waals surface area contributed by atoms with Crippen molar-refractivity contribution in [1.29, 1.82) is 0 Å². The molecule has 0 aliphatic rings. The number of amides is 1. The van der Waals surface area contributed by atoms with E-state index < -0.39 is 5.54 Å². The largest absolute Gasteiger partial charge is 0.368 e. The number of nitrogens with zero attached hydrogens (tertiary/aromatic N) is 1. The van der Waals surface area contributed by atoms with Crippen LogP contribution in [0.4, 0.5) is 0 Å². The lowest BCUT2D eigenvalue weighted by Crippen LogP contribution is -2.54. The molecular formula is C11H23N3O. The summed E-state index contributed by atoms with van der Waals surface area (Å²) < 4.78 is 0. The molecule has 0 fully saturated rings. The van der Waals surface area contributed by atoms with Gasteiger partial charge in [0.15, 0.2) is 0 Å². The summed E-state index contributed by atoms with van der Waals surface area (Å²) in [6, 6.07) is 0. The van der Waals surface area contributed by atoms with Crippen molar-refractivity contribution in [2.45, 2.75) is 25.3 Å². The van der Waals surface area contributed by atoms with Gasteiger partial charge in [0.2, 0.25) is 5.91 Å². The van der Waals surface area contributed by atoms with Gasteiger partial charge in [0, 0.05) is 13.1 Å². The molecule has 0 rings (SSSR count). The van der Waals surface area contributed by atoms with Crippen molar-refractivity contribution in [3.8, 4) is 0 Å². The molecule has 0 radical (unpaired) electrons. The van der Waals surface area contributed by atoms with Gasteiger partial charge < -0.3 is 16.0 Å². The molecule has 1 amide bonds. The average molecular weight is 213 g/mol. The topological polar surface area (TPSA) is 58.4 Å². The van der Waals surface area contributed by atoms with E-state index in [1.165, 1.54) is 0 Å². The number of allylic oxidation sites excluding steroid dienone is 1. The lowest BCUT2D eigenvalue weighted by molar-refractivity contribution is -0.124. The van der Waals surface area contributed by atoms with E-state index >= 15 is 0 Å². The molecule has 0 aromatic heterocycles. The van der Waals surface area contributed by atoms with Crippen LogP contribution < -0.4 is 11.1 Å². The highest BCUT2D eigenvalue weighted by Crippen LogP contribution is 2.11. The van der Waals surface area contributed by atoms with Crippen LogP contribution in [0.1, 0.15) is 19.8 Å². The Kier molecular flexibility index (Phi) is 6.20. The molecule has 1 unspecified atom stereocenters. The van der Waals surface area contributed by atoms with Gasteiger partial charge in [0.1, 0.15) is 0 Å². The molecule has 88 valence electrons. The number of primary amides is 1. The Bertz CT molecular complexity index is 216. The molecule has 0 aliphatic carbocycles. The third-order valence-corrected chi connectivity index (χ3v) is 2.47. The summed E-state index contributed by atoms with van der Waals surface area (Å²) in [4.78, 5) is 13.4. The van der Waals surface area contributed by atoms with Crippen LogP contribution >= 0.6 is 0 Å². The van der Waals surface area contributed by atoms with E-state index in [2.05, 4.69) is 16.8 Å². The fourth-order valence-electron chi connectivity index (χ4n) is 1.24. The molecule has 0 saturated heterocycles. The Morgan fingerprint density at radius 1 is 1.60 bits per heavy atom. The lowest BCUT2D eigenvalue weighted by atomic mass is 9.95. The maximum atomic E-state index is 11.3. The number of nitrogens with one attached hydrogen (secondary N) is 1. The van der Waals surface area contributed by atoms with Crippen LogP contribution in [0, 0.1) is 0 Å². The maximum Gasteiger partial charge on any atom is 0.237 e. The standard InChI is InChI=1S/C11H23N3O/c1-5-6-7-11(2,10(12)15)13-8-9-14(3)4/h5,13H,1,6-9H2,2-4H3,(H2,12,15). The number of hydrogen-bond acceptors (Lipinski definition) is 3. The van der Waals surface area contributed by atoms with E-state index in [-0.39, 0.29) is 5.91 Å². The van der Waals surface area contributed by atoms with Gasteiger partial charge in [0.25, 0.3) is 0 Å². The number of likely N-dealkylation sites (N-methyl/N-ethyl adjacent to an activating group) is 1. The van der Waals surface area contributed by atoms with E-state index in [9.17, 15) is 4.79 Å². The number of carbonyl (C=O) groups excluding carboxylic acids is 1. The van der Waals surface area contributed by atoms with Crippen LogP contribution in [-0.2, 0) is 4.79 Å². The van der Waals surface area contributed by atoms with E-state index in [4.69, 9.17) is 5.73 Å². The van der Waals surface area contributed by atoms with Crippen LogP contribution in [0.3, 0.4) is 0 Å². The minimum absolute atomic E-state index is 0.303. The van der Waals surface area contributed by atoms with Gasteiger partial charge in [-0.15, -0.1) is 6.58 Å². The predicted octanol–water partition coefficient (Wildman–Crippen LogP) is 0.348. The Morgan fingerprint density at radius 3 is 2.60 bits per heavy atom. The summed E-state index contributed by atoms with van der Waals surface area (Å²) in [7, 11) is 3.99. The van der Waals surface area contributed by atoms with Gasteiger partial charge in [-0.1, -0.05) is 6.08 Å². The Hall–Kier alpha value is -0.870. The molecule has 0 bridgehead atoms. The molecule has 0 aromatic carbocycles. The van der Waals surface area contributed by atoms with E-state index in [1.807, 2.05) is 21.0 Å². The Balaban J connectivity index is 4.13. The van der Waals surface area contributed by atoms with Gasteiger partial charge in [-0.3, -0.25) is 4.79 Å². The molecule has 0 spiro atoms. The molecule has 0 heterocycles. The first-order valence-corrected chi connectivity index (χ1v) is 5.23. The molecule has 0 saturated carbocycles. The molecule has 4 heteroatoms. The normalized spacial score (nSPS) is 14.9. The molecule has 3 N–H and O–H groups in total. The highest BCUT2D eigenvalue weighted by atomic mass is 16.1. The van der Waals surface area contributed by atoms with Crippen molar-refractivity contribution in [3.63, 3.8) is 0 Å². The van der Waals surface area contributed by atoms with Gasteiger partial charge in [-0.05, 0) is 33.9 Å². The fraction of sp³-hybridized carbons (Fsp3) is 0.727. The highest BCUT2D eigenvalue weighted by Gasteiger charge is 2.28. The van der Waals surface area contributed by atoms with Crippen molar-refractivity contribution in [2.24, 2.45) is 5.73 Å². The summed E-state index contributed by atoms with van der Waals surface area (Å²) in [5.41, 5.74) is 4.76. The maximum absolute atomic E-state index is 11.3. The summed E-state index contributed by atoms with van der Waals surface area (Å²) in [6.45, 7) is 7.12. The monoisotopic (exact) mass is 213 g/mol. The van der Waals surface area contributed by atoms with Gasteiger partial charge in [-0.25, -0.2) is 0 Å². The summed E-state index contributed by atoms with van der Waals surface area (Å²) in [5.74, 6) is -0.303. The Labute approximate surface area is 92.5 Å². The smallest absolute Gasteiger partial charge is 0.237 e. The highest BCUT2D eigenvalue weighted by molar-refractivity contribution is 5.84. The van der Waals surface area contributed by atoms with Crippen molar-refractivity contribution in [1.82, 2.24) is 10.2 Å². The minimum atomic E-state index is -0.621. The van der Waals surface area contributed by atoms with Gasteiger partial charge in [-0.2, -0.15) is 0 Å². The zero-order valence-electron chi connectivity index (χ0n) is 10.0. The minimum Gasteiger partial charge on any atom is -0.368 e. The number of carbonyl (C=O) groups is 1. The third-order valence-electron chi connectivity index (χ3n) is 2.47. The molecule has 1 atom stereocenters. The van der Waals surface area contributed by atoms with Crippen molar-refractivity contribution in [3.05, 3.63) is 12.7 Å². The third kappa shape index (κ3) is 5.54. The molecule has 0 aromatic rings. The van der Waals surface area contributed by atoms with Crippen molar-refractivity contribution >= 4 is 5.91 Å². The van der Waals surface area contributed by atoms with Crippen LogP contribution in [0.5, 0.6) is 0 Å². The zero-order chi connectivity index (χ0) is 11.9. The van der Waals surface area contributed by atoms with Crippen molar-refractivity contribution in [2.75, 3.05) is 27.2 Å². The first kappa shape index (κ1) is 14.1. The summed E-state index contributed by atoms with van der Waals surface area (Å²) in [5, 5.41) is 3.20. The van der Waals surface area contributed by atoms with Crippen LogP contribution in [0.15, 0.2) is 12.7 Å². The second-order valence-electron chi connectivity index (χ2n) is 4.25. The number of rotatable bonds is 8. The number of hydrogen-bond donors (Lipinski definition) is 2. The predicted molar refractivity (Wildman–Crippen MR) is 63.6 cm³/mol. The van der Waals surface area contributed by atoms with Gasteiger partial charge in [0.05, 0.1) is 5.54 Å². The number of nitrogens with two attached hydrogens (primary N) is 1. The fourth-order valence-corrected chi connectivity index (χ4v) is 1.24. The van der Waals surface area contributed by atoms with Crippen LogP contribution in [-0.4, -0.2) is 43.5 Å². The molecule has 0 aliphatic heterocycles. The molecular weight excluding hydrogens is 190 g/mol. The lowest BCUT2D eigenvalue weighted by Gasteiger charge is -2.27. The average Bonchev–Trinajstić information content (AvgIpc) is 2.14. The first-order chi connectivity index (χ1) is 6.92. The SMILES string of the molecule is C=CCCC(C)(NCCN(C)C)C(N)=O. The van der Waals surface area contributed by atoms with E-state index in [0.717, 1.165) is 19.5 Å². The second-order valence-corrected chi connectivity index (χ2v) is 4.25. The van der Waals surface area contributed by atoms with E-state index in [0.29, 0.717) is 6.42 Å². The molecule has 4 nitrogen and oxygen atoms in total. The van der Waals surface area contributed by atoms with Crippen molar-refractivity contribution < 1.29 is 4.79 Å². The summed E-state index contributed by atoms with van der Waals surface area (Å²) in [6.07, 6.45) is 3.28. The van der Waals surface area contributed by atoms with E-state index in [1.54, 1.807) is 6.08 Å². The first-order valence-electron chi connectivity index (χ1n) is 5.23.